The lowest BCUT2D eigenvalue weighted by Crippen LogP contribution is -2.31. The molecule has 1 aromatic heterocycles. The minimum atomic E-state index is -3.23. The number of nitro groups is 1. The van der Waals surface area contributed by atoms with Crippen molar-refractivity contribution >= 4 is 11.5 Å². The molecule has 6 nitrogen and oxygen atoms in total. The molecule has 0 atom stereocenters. The largest absolute Gasteiger partial charge is 0.390 e. The summed E-state index contributed by atoms with van der Waals surface area (Å²) in [6.45, 7) is -2.02. The zero-order chi connectivity index (χ0) is 12.2. The third kappa shape index (κ3) is 3.39. The molecule has 0 radical (unpaired) electrons. The molecule has 1 aromatic rings. The molecular formula is C8H9F2N3O3. The van der Waals surface area contributed by atoms with Crippen molar-refractivity contribution in [2.45, 2.75) is 5.92 Å². The van der Waals surface area contributed by atoms with Crippen molar-refractivity contribution in [3.8, 4) is 0 Å². The van der Waals surface area contributed by atoms with Crippen LogP contribution in [0.15, 0.2) is 18.3 Å². The monoisotopic (exact) mass is 233 g/mol. The number of hydrogen-bond acceptors (Lipinski definition) is 5. The number of pyridine rings is 1. The summed E-state index contributed by atoms with van der Waals surface area (Å²) in [4.78, 5) is 13.0. The van der Waals surface area contributed by atoms with Gasteiger partial charge in [0.25, 0.3) is 5.92 Å². The van der Waals surface area contributed by atoms with Gasteiger partial charge in [0.2, 0.25) is 0 Å². The second-order valence-electron chi connectivity index (χ2n) is 3.03. The van der Waals surface area contributed by atoms with Gasteiger partial charge in [-0.1, -0.05) is 0 Å². The lowest BCUT2D eigenvalue weighted by molar-refractivity contribution is -0.389. The molecular weight excluding hydrogens is 224 g/mol. The van der Waals surface area contributed by atoms with Crippen molar-refractivity contribution < 1.29 is 18.8 Å². The molecule has 0 saturated carbocycles. The number of aliphatic hydroxyl groups excluding tert-OH is 1. The second-order valence-corrected chi connectivity index (χ2v) is 3.03. The Morgan fingerprint density at radius 1 is 1.56 bits per heavy atom. The molecule has 0 amide bonds. The number of nitrogens with zero attached hydrogens (tertiary/aromatic N) is 2. The van der Waals surface area contributed by atoms with E-state index in [1.54, 1.807) is 0 Å². The average molecular weight is 233 g/mol. The van der Waals surface area contributed by atoms with Crippen molar-refractivity contribution in [3.05, 3.63) is 28.4 Å². The van der Waals surface area contributed by atoms with Gasteiger partial charge in [-0.3, -0.25) is 0 Å². The Bertz CT molecular complexity index is 369. The van der Waals surface area contributed by atoms with Gasteiger partial charge in [0.15, 0.2) is 6.20 Å². The summed E-state index contributed by atoms with van der Waals surface area (Å²) in [5, 5.41) is 20.8. The van der Waals surface area contributed by atoms with Gasteiger partial charge in [0.1, 0.15) is 6.61 Å². The minimum Gasteiger partial charge on any atom is -0.390 e. The number of anilines is 1. The van der Waals surface area contributed by atoms with E-state index in [0.717, 1.165) is 12.3 Å². The number of hydrogen-bond donors (Lipinski definition) is 2. The van der Waals surface area contributed by atoms with Crippen LogP contribution in [0.5, 0.6) is 0 Å². The first-order chi connectivity index (χ1) is 7.44. The highest BCUT2D eigenvalue weighted by Gasteiger charge is 2.27. The Balaban J connectivity index is 2.59. The maximum absolute atomic E-state index is 12.6. The van der Waals surface area contributed by atoms with E-state index in [1.165, 1.54) is 6.07 Å². The fraction of sp³-hybridized carbons (Fsp3) is 0.375. The van der Waals surface area contributed by atoms with Crippen LogP contribution in [0.2, 0.25) is 0 Å². The molecule has 1 heterocycles. The quantitative estimate of drug-likeness (QED) is 0.585. The molecule has 0 fully saturated rings. The van der Waals surface area contributed by atoms with Gasteiger partial charge in [-0.05, 0) is 16.0 Å². The van der Waals surface area contributed by atoms with Crippen LogP contribution in [-0.4, -0.2) is 34.1 Å². The normalized spacial score (nSPS) is 11.2. The first-order valence-electron chi connectivity index (χ1n) is 4.27. The molecule has 16 heavy (non-hydrogen) atoms. The smallest absolute Gasteiger partial charge is 0.363 e. The molecule has 0 unspecified atom stereocenters. The number of rotatable bonds is 5. The third-order valence-corrected chi connectivity index (χ3v) is 1.72. The molecule has 0 spiro atoms. The summed E-state index contributed by atoms with van der Waals surface area (Å²) in [6.07, 6.45) is 1.07. The molecule has 0 aliphatic carbocycles. The van der Waals surface area contributed by atoms with E-state index in [1.807, 2.05) is 0 Å². The van der Waals surface area contributed by atoms with E-state index in [4.69, 9.17) is 5.11 Å². The molecule has 0 aromatic carbocycles. The molecule has 8 heteroatoms. The van der Waals surface area contributed by atoms with Crippen LogP contribution in [0.1, 0.15) is 0 Å². The fourth-order valence-corrected chi connectivity index (χ4v) is 0.886. The van der Waals surface area contributed by atoms with Gasteiger partial charge in [0.05, 0.1) is 12.2 Å². The van der Waals surface area contributed by atoms with E-state index in [9.17, 15) is 18.9 Å². The van der Waals surface area contributed by atoms with Crippen molar-refractivity contribution in [3.63, 3.8) is 0 Å². The van der Waals surface area contributed by atoms with Gasteiger partial charge in [-0.25, -0.2) is 8.78 Å². The van der Waals surface area contributed by atoms with Gasteiger partial charge < -0.3 is 20.5 Å². The van der Waals surface area contributed by atoms with Crippen LogP contribution in [0.4, 0.5) is 20.3 Å². The van der Waals surface area contributed by atoms with Crippen molar-refractivity contribution in [2.24, 2.45) is 0 Å². The maximum Gasteiger partial charge on any atom is 0.363 e. The summed E-state index contributed by atoms with van der Waals surface area (Å²) in [5.41, 5.74) is 0.221. The summed E-state index contributed by atoms with van der Waals surface area (Å²) >= 11 is 0. The predicted molar refractivity (Wildman–Crippen MR) is 51.4 cm³/mol. The van der Waals surface area contributed by atoms with Crippen LogP contribution >= 0.6 is 0 Å². The molecule has 2 N–H and O–H groups in total. The van der Waals surface area contributed by atoms with E-state index >= 15 is 0 Å². The molecule has 0 bridgehead atoms. The Morgan fingerprint density at radius 2 is 2.25 bits per heavy atom. The fourth-order valence-electron chi connectivity index (χ4n) is 0.886. The highest BCUT2D eigenvalue weighted by atomic mass is 19.3. The summed E-state index contributed by atoms with van der Waals surface area (Å²) in [7, 11) is 0. The molecule has 88 valence electrons. The Kier molecular flexibility index (Phi) is 3.67. The molecule has 0 saturated heterocycles. The van der Waals surface area contributed by atoms with E-state index in [0.29, 0.717) is 0 Å². The van der Waals surface area contributed by atoms with E-state index in [2.05, 4.69) is 10.3 Å². The van der Waals surface area contributed by atoms with Gasteiger partial charge >= 0.3 is 5.82 Å². The predicted octanol–water partition coefficient (Wildman–Crippen LogP) is 1.03. The first-order valence-corrected chi connectivity index (χ1v) is 4.27. The van der Waals surface area contributed by atoms with Crippen LogP contribution in [0, 0.1) is 10.1 Å². The topological polar surface area (TPSA) is 88.3 Å². The van der Waals surface area contributed by atoms with Gasteiger partial charge in [0, 0.05) is 6.07 Å². The Hall–Kier alpha value is -1.83. The minimum absolute atomic E-state index is 0.221. The highest BCUT2D eigenvalue weighted by molar-refractivity contribution is 5.43. The van der Waals surface area contributed by atoms with Crippen molar-refractivity contribution in [1.29, 1.82) is 0 Å². The van der Waals surface area contributed by atoms with E-state index in [-0.39, 0.29) is 11.5 Å². The van der Waals surface area contributed by atoms with Crippen LogP contribution in [0.3, 0.4) is 0 Å². The van der Waals surface area contributed by atoms with Gasteiger partial charge in [-0.2, -0.15) is 0 Å². The lowest BCUT2D eigenvalue weighted by Gasteiger charge is -2.13. The zero-order valence-corrected chi connectivity index (χ0v) is 8.06. The average Bonchev–Trinajstić information content (AvgIpc) is 2.27. The molecule has 0 aliphatic rings. The SMILES string of the molecule is O=[N+]([O-])c1ccc(NCC(F)(F)CO)cn1. The lowest BCUT2D eigenvalue weighted by atomic mass is 10.3. The summed E-state index contributed by atoms with van der Waals surface area (Å²) < 4.78 is 25.2. The zero-order valence-electron chi connectivity index (χ0n) is 8.06. The van der Waals surface area contributed by atoms with Gasteiger partial charge in [-0.15, -0.1) is 0 Å². The molecule has 0 aliphatic heterocycles. The first kappa shape index (κ1) is 12.2. The standard InChI is InChI=1S/C8H9F2N3O3/c9-8(10,5-14)4-12-6-1-2-7(11-3-6)13(15)16/h1-3,12,14H,4-5H2. The number of nitrogens with one attached hydrogen (secondary N) is 1. The second kappa shape index (κ2) is 4.79. The van der Waals surface area contributed by atoms with Crippen LogP contribution < -0.4 is 5.32 Å². The van der Waals surface area contributed by atoms with Crippen LogP contribution in [0.25, 0.3) is 0 Å². The Labute approximate surface area is 89.1 Å². The number of aliphatic hydroxyl groups is 1. The maximum atomic E-state index is 12.6. The summed E-state index contributed by atoms with van der Waals surface area (Å²) in [6, 6.07) is 2.36. The highest BCUT2D eigenvalue weighted by Crippen LogP contribution is 2.15. The van der Waals surface area contributed by atoms with Crippen molar-refractivity contribution in [1.82, 2.24) is 4.98 Å². The number of alkyl halides is 2. The third-order valence-electron chi connectivity index (χ3n) is 1.72. The van der Waals surface area contributed by atoms with E-state index < -0.39 is 24.0 Å². The number of aromatic nitrogens is 1. The van der Waals surface area contributed by atoms with Crippen molar-refractivity contribution in [2.75, 3.05) is 18.5 Å². The number of halogens is 2. The summed E-state index contributed by atoms with van der Waals surface area (Å²) in [5.74, 6) is -3.60. The van der Waals surface area contributed by atoms with Crippen LogP contribution in [-0.2, 0) is 0 Å². The Morgan fingerprint density at radius 3 is 2.69 bits per heavy atom. The molecule has 1 rings (SSSR count).